The van der Waals surface area contributed by atoms with E-state index in [4.69, 9.17) is 0 Å². The van der Waals surface area contributed by atoms with Crippen LogP contribution in [0.5, 0.6) is 5.75 Å². The first-order valence-corrected chi connectivity index (χ1v) is 7.18. The van der Waals surface area contributed by atoms with Crippen molar-refractivity contribution in [3.8, 4) is 5.75 Å². The number of hydrogen-bond donors (Lipinski definition) is 2. The fourth-order valence-corrected chi connectivity index (χ4v) is 2.43. The summed E-state index contributed by atoms with van der Waals surface area (Å²) in [5.74, 6) is 0.196. The van der Waals surface area contributed by atoms with Gasteiger partial charge in [-0.3, -0.25) is 10.1 Å². The number of benzene rings is 2. The number of nitro groups is 1. The summed E-state index contributed by atoms with van der Waals surface area (Å²) < 4.78 is 0.729. The fourth-order valence-electron chi connectivity index (χ4n) is 2.07. The van der Waals surface area contributed by atoms with E-state index in [0.717, 1.165) is 15.6 Å². The van der Waals surface area contributed by atoms with Gasteiger partial charge >= 0.3 is 0 Å². The number of non-ortho nitro benzene ring substituents is 1. The van der Waals surface area contributed by atoms with E-state index in [0.29, 0.717) is 5.69 Å². The molecule has 1 unspecified atom stereocenters. The molecular formula is C15H15BrN2O3. The highest BCUT2D eigenvalue weighted by Gasteiger charge is 2.14. The van der Waals surface area contributed by atoms with Gasteiger partial charge in [-0.15, -0.1) is 0 Å². The highest BCUT2D eigenvalue weighted by atomic mass is 79.9. The van der Waals surface area contributed by atoms with E-state index in [-0.39, 0.29) is 17.5 Å². The Morgan fingerprint density at radius 3 is 2.67 bits per heavy atom. The molecule has 0 saturated carbocycles. The molecule has 2 rings (SSSR count). The summed E-state index contributed by atoms with van der Waals surface area (Å²) in [5.41, 5.74) is 2.40. The van der Waals surface area contributed by atoms with Crippen LogP contribution in [0.1, 0.15) is 24.1 Å². The topological polar surface area (TPSA) is 75.4 Å². The number of aryl methyl sites for hydroxylation is 1. The molecule has 0 saturated heterocycles. The van der Waals surface area contributed by atoms with Crippen molar-refractivity contribution in [2.75, 3.05) is 5.32 Å². The van der Waals surface area contributed by atoms with Gasteiger partial charge in [-0.25, -0.2) is 0 Å². The minimum atomic E-state index is -0.438. The van der Waals surface area contributed by atoms with E-state index in [1.165, 1.54) is 12.1 Å². The van der Waals surface area contributed by atoms with E-state index in [1.54, 1.807) is 12.1 Å². The molecular weight excluding hydrogens is 336 g/mol. The van der Waals surface area contributed by atoms with Gasteiger partial charge in [-0.1, -0.05) is 17.7 Å². The Hall–Kier alpha value is -2.08. The second-order valence-electron chi connectivity index (χ2n) is 4.85. The van der Waals surface area contributed by atoms with Crippen molar-refractivity contribution < 1.29 is 10.0 Å². The summed E-state index contributed by atoms with van der Waals surface area (Å²) in [4.78, 5) is 10.4. The summed E-state index contributed by atoms with van der Waals surface area (Å²) >= 11 is 3.37. The maximum absolute atomic E-state index is 10.8. The average Bonchev–Trinajstić information content (AvgIpc) is 2.43. The zero-order valence-electron chi connectivity index (χ0n) is 11.6. The molecule has 0 heterocycles. The third kappa shape index (κ3) is 3.52. The molecule has 0 aliphatic carbocycles. The number of rotatable bonds is 4. The minimum Gasteiger partial charge on any atom is -0.508 e. The van der Waals surface area contributed by atoms with Crippen molar-refractivity contribution in [1.29, 1.82) is 0 Å². The molecule has 1 atom stereocenters. The van der Waals surface area contributed by atoms with Gasteiger partial charge < -0.3 is 10.4 Å². The SMILES string of the molecule is Cc1ccc(O)c(C(C)Nc2cc([N+](=O)[O-])ccc2Br)c1. The number of aromatic hydroxyl groups is 1. The summed E-state index contributed by atoms with van der Waals surface area (Å²) in [5, 5.41) is 24.0. The van der Waals surface area contributed by atoms with Crippen LogP contribution in [0.15, 0.2) is 40.9 Å². The predicted octanol–water partition coefficient (Wildman–Crippen LogP) is 4.54. The van der Waals surface area contributed by atoms with E-state index >= 15 is 0 Å². The van der Waals surface area contributed by atoms with Crippen LogP contribution < -0.4 is 5.32 Å². The standard InChI is InChI=1S/C15H15BrN2O3/c1-9-3-6-15(19)12(7-9)10(2)17-14-8-11(18(20)21)4-5-13(14)16/h3-8,10,17,19H,1-2H3. The van der Waals surface area contributed by atoms with Crippen LogP contribution in [0, 0.1) is 17.0 Å². The highest BCUT2D eigenvalue weighted by Crippen LogP contribution is 2.32. The van der Waals surface area contributed by atoms with Crippen LogP contribution in [0.2, 0.25) is 0 Å². The van der Waals surface area contributed by atoms with Gasteiger partial charge in [-0.2, -0.15) is 0 Å². The second kappa shape index (κ2) is 6.13. The van der Waals surface area contributed by atoms with E-state index in [9.17, 15) is 15.2 Å². The van der Waals surface area contributed by atoms with Crippen molar-refractivity contribution in [2.24, 2.45) is 0 Å². The Labute approximate surface area is 130 Å². The third-order valence-electron chi connectivity index (χ3n) is 3.18. The van der Waals surface area contributed by atoms with Crippen LogP contribution in [0.4, 0.5) is 11.4 Å². The lowest BCUT2D eigenvalue weighted by atomic mass is 10.0. The van der Waals surface area contributed by atoms with Gasteiger partial charge in [0, 0.05) is 22.2 Å². The molecule has 5 nitrogen and oxygen atoms in total. The molecule has 0 aromatic heterocycles. The number of phenols is 1. The molecule has 2 aromatic carbocycles. The summed E-state index contributed by atoms with van der Waals surface area (Å²) in [6, 6.07) is 9.70. The van der Waals surface area contributed by atoms with Crippen molar-refractivity contribution in [3.63, 3.8) is 0 Å². The zero-order chi connectivity index (χ0) is 15.6. The number of hydrogen-bond acceptors (Lipinski definition) is 4. The monoisotopic (exact) mass is 350 g/mol. The molecule has 110 valence electrons. The van der Waals surface area contributed by atoms with Gasteiger partial charge in [0.25, 0.3) is 5.69 Å². The highest BCUT2D eigenvalue weighted by molar-refractivity contribution is 9.10. The molecule has 0 aliphatic rings. The van der Waals surface area contributed by atoms with Crippen LogP contribution >= 0.6 is 15.9 Å². The summed E-state index contributed by atoms with van der Waals surface area (Å²) in [6.07, 6.45) is 0. The number of nitrogens with zero attached hydrogens (tertiary/aromatic N) is 1. The molecule has 21 heavy (non-hydrogen) atoms. The number of nitrogens with one attached hydrogen (secondary N) is 1. The fraction of sp³-hybridized carbons (Fsp3) is 0.200. The van der Waals surface area contributed by atoms with Crippen molar-refractivity contribution >= 4 is 27.3 Å². The molecule has 0 amide bonds. The van der Waals surface area contributed by atoms with Crippen LogP contribution in [-0.4, -0.2) is 10.0 Å². The Kier molecular flexibility index (Phi) is 4.47. The first-order chi connectivity index (χ1) is 9.88. The molecule has 2 N–H and O–H groups in total. The Morgan fingerprint density at radius 1 is 1.29 bits per heavy atom. The largest absolute Gasteiger partial charge is 0.508 e. The van der Waals surface area contributed by atoms with E-state index in [1.807, 2.05) is 26.0 Å². The Balaban J connectivity index is 2.31. The maximum atomic E-state index is 10.8. The van der Waals surface area contributed by atoms with Gasteiger partial charge in [0.15, 0.2) is 0 Å². The quantitative estimate of drug-likeness (QED) is 0.626. The zero-order valence-corrected chi connectivity index (χ0v) is 13.2. The van der Waals surface area contributed by atoms with Crippen LogP contribution in [0.25, 0.3) is 0 Å². The predicted molar refractivity (Wildman–Crippen MR) is 85.7 cm³/mol. The molecule has 0 radical (unpaired) electrons. The van der Waals surface area contributed by atoms with Gasteiger partial charge in [0.05, 0.1) is 16.7 Å². The summed E-state index contributed by atoms with van der Waals surface area (Å²) in [7, 11) is 0. The van der Waals surface area contributed by atoms with Crippen LogP contribution in [0.3, 0.4) is 0 Å². The van der Waals surface area contributed by atoms with Gasteiger partial charge in [0.2, 0.25) is 0 Å². The number of nitro benzene ring substituents is 1. The third-order valence-corrected chi connectivity index (χ3v) is 3.87. The van der Waals surface area contributed by atoms with Gasteiger partial charge in [-0.05, 0) is 41.9 Å². The number of phenolic OH excluding ortho intramolecular Hbond substituents is 1. The molecule has 2 aromatic rings. The molecule has 0 fully saturated rings. The minimum absolute atomic E-state index is 0.0152. The smallest absolute Gasteiger partial charge is 0.271 e. The van der Waals surface area contributed by atoms with Crippen molar-refractivity contribution in [2.45, 2.75) is 19.9 Å². The lowest BCUT2D eigenvalue weighted by Crippen LogP contribution is -2.08. The van der Waals surface area contributed by atoms with Crippen molar-refractivity contribution in [1.82, 2.24) is 0 Å². The second-order valence-corrected chi connectivity index (χ2v) is 5.70. The first-order valence-electron chi connectivity index (χ1n) is 6.38. The lowest BCUT2D eigenvalue weighted by Gasteiger charge is -2.18. The van der Waals surface area contributed by atoms with Gasteiger partial charge in [0.1, 0.15) is 5.75 Å². The molecule has 0 bridgehead atoms. The maximum Gasteiger partial charge on any atom is 0.271 e. The average molecular weight is 351 g/mol. The molecule has 0 aliphatic heterocycles. The van der Waals surface area contributed by atoms with Crippen LogP contribution in [-0.2, 0) is 0 Å². The molecule has 6 heteroatoms. The number of anilines is 1. The normalized spacial score (nSPS) is 12.0. The summed E-state index contributed by atoms with van der Waals surface area (Å²) in [6.45, 7) is 3.83. The van der Waals surface area contributed by atoms with Crippen molar-refractivity contribution in [3.05, 3.63) is 62.1 Å². The Bertz CT molecular complexity index is 689. The van der Waals surface area contributed by atoms with E-state index in [2.05, 4.69) is 21.2 Å². The Morgan fingerprint density at radius 2 is 2.00 bits per heavy atom. The first kappa shape index (κ1) is 15.3. The lowest BCUT2D eigenvalue weighted by molar-refractivity contribution is -0.384. The van der Waals surface area contributed by atoms with E-state index < -0.39 is 4.92 Å². The molecule has 0 spiro atoms. The number of halogens is 1.